The molecule has 0 heteroatoms. The number of rotatable bonds is 7. The summed E-state index contributed by atoms with van der Waals surface area (Å²) in [6, 6.07) is 8.74. The average Bonchev–Trinajstić information content (AvgIpc) is 2.32. The molecule has 1 aromatic carbocycles. The van der Waals surface area contributed by atoms with Gasteiger partial charge in [-0.25, -0.2) is 0 Å². The van der Waals surface area contributed by atoms with Crippen molar-refractivity contribution in [3.63, 3.8) is 0 Å². The number of benzene rings is 1. The molecule has 0 amide bonds. The molecule has 0 fully saturated rings. The van der Waals surface area contributed by atoms with Crippen molar-refractivity contribution in [2.45, 2.75) is 52.9 Å². The highest BCUT2D eigenvalue weighted by Crippen LogP contribution is 2.18. The van der Waals surface area contributed by atoms with Crippen molar-refractivity contribution in [3.05, 3.63) is 41.5 Å². The Hall–Kier alpha value is -1.04. The van der Waals surface area contributed by atoms with Crippen LogP contribution in [0.25, 0.3) is 6.08 Å². The Kier molecular flexibility index (Phi) is 6.69. The zero-order valence-electron chi connectivity index (χ0n) is 11.6. The molecule has 0 atom stereocenters. The van der Waals surface area contributed by atoms with Crippen molar-refractivity contribution in [1.29, 1.82) is 0 Å². The van der Waals surface area contributed by atoms with Crippen LogP contribution in [0.15, 0.2) is 30.3 Å². The largest absolute Gasteiger partial charge is 0.0837 e. The molecule has 94 valence electrons. The molecular formula is C17H26. The van der Waals surface area contributed by atoms with Crippen LogP contribution in [0.5, 0.6) is 0 Å². The lowest BCUT2D eigenvalue weighted by molar-refractivity contribution is 0.446. The summed E-state index contributed by atoms with van der Waals surface area (Å²) in [6.07, 6.45) is 11.2. The van der Waals surface area contributed by atoms with E-state index in [1.54, 1.807) is 0 Å². The fourth-order valence-corrected chi connectivity index (χ4v) is 2.27. The average molecular weight is 230 g/mol. The van der Waals surface area contributed by atoms with E-state index in [1.165, 1.54) is 43.2 Å². The minimum Gasteiger partial charge on any atom is -0.0837 e. The van der Waals surface area contributed by atoms with Crippen LogP contribution in [-0.2, 0) is 0 Å². The molecule has 0 nitrogen and oxygen atoms in total. The van der Waals surface area contributed by atoms with Crippen molar-refractivity contribution < 1.29 is 0 Å². The van der Waals surface area contributed by atoms with Gasteiger partial charge in [0.1, 0.15) is 0 Å². The number of hydrogen-bond donors (Lipinski definition) is 0. The first kappa shape index (κ1) is 14.0. The van der Waals surface area contributed by atoms with Gasteiger partial charge in [-0.05, 0) is 24.8 Å². The summed E-state index contributed by atoms with van der Waals surface area (Å²) in [5.74, 6) is 0.881. The summed E-state index contributed by atoms with van der Waals surface area (Å²) >= 11 is 0. The van der Waals surface area contributed by atoms with E-state index in [1.807, 2.05) is 0 Å². The summed E-state index contributed by atoms with van der Waals surface area (Å²) in [7, 11) is 0. The van der Waals surface area contributed by atoms with E-state index in [0.29, 0.717) is 0 Å². The molecule has 0 aliphatic carbocycles. The highest BCUT2D eigenvalue weighted by Gasteiger charge is 2.03. The van der Waals surface area contributed by atoms with Gasteiger partial charge in [0.2, 0.25) is 0 Å². The zero-order valence-corrected chi connectivity index (χ0v) is 11.6. The van der Waals surface area contributed by atoms with Gasteiger partial charge in [-0.3, -0.25) is 0 Å². The van der Waals surface area contributed by atoms with Crippen LogP contribution in [0.4, 0.5) is 0 Å². The quantitative estimate of drug-likeness (QED) is 0.570. The first-order chi connectivity index (χ1) is 8.26. The Balaban J connectivity index is 2.44. The molecule has 0 spiro atoms. The summed E-state index contributed by atoms with van der Waals surface area (Å²) in [6.45, 7) is 6.70. The monoisotopic (exact) mass is 230 g/mol. The Morgan fingerprint density at radius 1 is 1.00 bits per heavy atom. The summed E-state index contributed by atoms with van der Waals surface area (Å²) < 4.78 is 0. The van der Waals surface area contributed by atoms with Gasteiger partial charge in [-0.1, -0.05) is 81.5 Å². The molecular weight excluding hydrogens is 204 g/mol. The minimum absolute atomic E-state index is 0.881. The van der Waals surface area contributed by atoms with Gasteiger partial charge in [0.15, 0.2) is 0 Å². The van der Waals surface area contributed by atoms with E-state index < -0.39 is 0 Å². The van der Waals surface area contributed by atoms with Gasteiger partial charge in [0.25, 0.3) is 0 Å². The fraction of sp³-hybridized carbons (Fsp3) is 0.529. The van der Waals surface area contributed by atoms with Crippen LogP contribution < -0.4 is 0 Å². The normalized spacial score (nSPS) is 11.5. The van der Waals surface area contributed by atoms with Crippen molar-refractivity contribution in [1.82, 2.24) is 0 Å². The highest BCUT2D eigenvalue weighted by molar-refractivity contribution is 5.49. The lowest BCUT2D eigenvalue weighted by atomic mass is 9.94. The third kappa shape index (κ3) is 5.72. The molecule has 0 heterocycles. The van der Waals surface area contributed by atoms with E-state index in [0.717, 1.165) is 5.92 Å². The Morgan fingerprint density at radius 3 is 2.12 bits per heavy atom. The molecule has 1 rings (SSSR count). The predicted octanol–water partition coefficient (Wildman–Crippen LogP) is 5.61. The fourth-order valence-electron chi connectivity index (χ4n) is 2.27. The van der Waals surface area contributed by atoms with Gasteiger partial charge in [-0.15, -0.1) is 0 Å². The molecule has 1 aromatic rings. The van der Waals surface area contributed by atoms with Gasteiger partial charge >= 0.3 is 0 Å². The lowest BCUT2D eigenvalue weighted by Crippen LogP contribution is -1.97. The Morgan fingerprint density at radius 2 is 1.59 bits per heavy atom. The van der Waals surface area contributed by atoms with Gasteiger partial charge in [0, 0.05) is 0 Å². The second-order valence-electron chi connectivity index (χ2n) is 4.99. The molecule has 0 saturated heterocycles. The van der Waals surface area contributed by atoms with E-state index in [-0.39, 0.29) is 0 Å². The topological polar surface area (TPSA) is 0 Å². The first-order valence-corrected chi connectivity index (χ1v) is 6.99. The maximum Gasteiger partial charge on any atom is -0.0260 e. The van der Waals surface area contributed by atoms with E-state index in [2.05, 4.69) is 57.2 Å². The van der Waals surface area contributed by atoms with Crippen molar-refractivity contribution >= 4 is 6.08 Å². The molecule has 0 unspecified atom stereocenters. The standard InChI is InChI=1S/C17H26/c1-4-7-16(8-5-2)9-6-10-17-13-11-15(3)12-14-17/h6,10-14,16H,4-5,7-9H2,1-3H3/b10-6-. The van der Waals surface area contributed by atoms with Crippen LogP contribution in [0, 0.1) is 12.8 Å². The predicted molar refractivity (Wildman–Crippen MR) is 78.1 cm³/mol. The first-order valence-electron chi connectivity index (χ1n) is 6.99. The highest BCUT2D eigenvalue weighted by atomic mass is 14.1. The molecule has 0 saturated carbocycles. The summed E-state index contributed by atoms with van der Waals surface area (Å²) in [4.78, 5) is 0. The molecule has 0 aliphatic heterocycles. The maximum absolute atomic E-state index is 2.35. The molecule has 0 N–H and O–H groups in total. The number of hydrogen-bond acceptors (Lipinski definition) is 0. The van der Waals surface area contributed by atoms with Crippen molar-refractivity contribution in [2.75, 3.05) is 0 Å². The molecule has 0 bridgehead atoms. The van der Waals surface area contributed by atoms with E-state index in [9.17, 15) is 0 Å². The second kappa shape index (κ2) is 8.11. The van der Waals surface area contributed by atoms with Crippen LogP contribution in [0.1, 0.15) is 57.1 Å². The number of aryl methyl sites for hydroxylation is 1. The Bertz CT molecular complexity index is 312. The lowest BCUT2D eigenvalue weighted by Gasteiger charge is -2.12. The van der Waals surface area contributed by atoms with Crippen molar-refractivity contribution in [2.24, 2.45) is 5.92 Å². The zero-order chi connectivity index (χ0) is 12.5. The van der Waals surface area contributed by atoms with E-state index >= 15 is 0 Å². The molecule has 0 aromatic heterocycles. The van der Waals surface area contributed by atoms with Crippen molar-refractivity contribution in [3.8, 4) is 0 Å². The summed E-state index contributed by atoms with van der Waals surface area (Å²) in [5.41, 5.74) is 2.65. The maximum atomic E-state index is 2.35. The second-order valence-corrected chi connectivity index (χ2v) is 4.99. The number of allylic oxidation sites excluding steroid dienone is 1. The van der Waals surface area contributed by atoms with Crippen LogP contribution in [0.2, 0.25) is 0 Å². The van der Waals surface area contributed by atoms with Crippen LogP contribution >= 0.6 is 0 Å². The molecule has 0 aliphatic rings. The van der Waals surface area contributed by atoms with Crippen LogP contribution in [0.3, 0.4) is 0 Å². The smallest absolute Gasteiger partial charge is 0.0260 e. The third-order valence-corrected chi connectivity index (χ3v) is 3.25. The molecule has 17 heavy (non-hydrogen) atoms. The van der Waals surface area contributed by atoms with E-state index in [4.69, 9.17) is 0 Å². The van der Waals surface area contributed by atoms with Gasteiger partial charge in [-0.2, -0.15) is 0 Å². The van der Waals surface area contributed by atoms with Crippen LogP contribution in [-0.4, -0.2) is 0 Å². The van der Waals surface area contributed by atoms with Gasteiger partial charge in [0.05, 0.1) is 0 Å². The molecule has 0 radical (unpaired) electrons. The summed E-state index contributed by atoms with van der Waals surface area (Å²) in [5, 5.41) is 0. The van der Waals surface area contributed by atoms with Gasteiger partial charge < -0.3 is 0 Å². The minimum atomic E-state index is 0.881. The SMILES string of the molecule is CCCC(C/C=C\c1ccc(C)cc1)CCC. The third-order valence-electron chi connectivity index (χ3n) is 3.25. The Labute approximate surface area is 107 Å².